The van der Waals surface area contributed by atoms with Crippen LogP contribution in [0.4, 0.5) is 0 Å². The lowest BCUT2D eigenvalue weighted by Crippen LogP contribution is -2.29. The van der Waals surface area contributed by atoms with Crippen molar-refractivity contribution in [3.8, 4) is 0 Å². The minimum Gasteiger partial charge on any atom is -0.392 e. The Labute approximate surface area is 79.0 Å². The van der Waals surface area contributed by atoms with Crippen molar-refractivity contribution in [2.24, 2.45) is 0 Å². The fraction of sp³-hybridized carbons (Fsp3) is 0.400. The monoisotopic (exact) mass is 180 g/mol. The van der Waals surface area contributed by atoms with Gasteiger partial charge in [-0.15, -0.1) is 0 Å². The third-order valence-corrected chi connectivity index (χ3v) is 1.80. The van der Waals surface area contributed by atoms with Crippen molar-refractivity contribution in [2.45, 2.75) is 13.2 Å². The fourth-order valence-corrected chi connectivity index (χ4v) is 1.01. The summed E-state index contributed by atoms with van der Waals surface area (Å²) < 4.78 is 0. The van der Waals surface area contributed by atoms with Crippen molar-refractivity contribution in [2.75, 3.05) is 14.1 Å². The number of hydrogen-bond donors (Lipinski definition) is 2. The number of benzene rings is 1. The summed E-state index contributed by atoms with van der Waals surface area (Å²) in [4.78, 5) is 0. The molecule has 0 aliphatic heterocycles. The maximum Gasteiger partial charge on any atom is 0.0681 e. The largest absolute Gasteiger partial charge is 0.392 e. The van der Waals surface area contributed by atoms with Crippen LogP contribution in [0.5, 0.6) is 0 Å². The molecule has 1 aromatic rings. The molecule has 1 rings (SSSR count). The number of rotatable bonds is 4. The van der Waals surface area contributed by atoms with Crippen LogP contribution >= 0.6 is 0 Å². The van der Waals surface area contributed by atoms with Crippen LogP contribution in [0.3, 0.4) is 0 Å². The van der Waals surface area contributed by atoms with Gasteiger partial charge in [0, 0.05) is 20.6 Å². The first-order valence-electron chi connectivity index (χ1n) is 4.32. The van der Waals surface area contributed by atoms with Crippen LogP contribution in [0.1, 0.15) is 11.1 Å². The van der Waals surface area contributed by atoms with E-state index in [-0.39, 0.29) is 6.61 Å². The summed E-state index contributed by atoms with van der Waals surface area (Å²) in [5.41, 5.74) is 5.34. The predicted molar refractivity (Wildman–Crippen MR) is 52.9 cm³/mol. The number of hydrazine groups is 1. The molecule has 3 heteroatoms. The van der Waals surface area contributed by atoms with E-state index in [9.17, 15) is 0 Å². The molecule has 0 aliphatic carbocycles. The van der Waals surface area contributed by atoms with Gasteiger partial charge in [-0.3, -0.25) is 10.4 Å². The molecular formula is C10H16N2O. The Kier molecular flexibility index (Phi) is 3.89. The summed E-state index contributed by atoms with van der Waals surface area (Å²) in [6.45, 7) is 0.931. The quantitative estimate of drug-likeness (QED) is 0.671. The van der Waals surface area contributed by atoms with E-state index in [2.05, 4.69) is 5.43 Å². The average Bonchev–Trinajstić information content (AvgIpc) is 2.15. The summed E-state index contributed by atoms with van der Waals surface area (Å²) in [6, 6.07) is 7.91. The second-order valence-corrected chi connectivity index (χ2v) is 3.20. The highest BCUT2D eigenvalue weighted by Gasteiger charge is 1.93. The van der Waals surface area contributed by atoms with E-state index in [0.717, 1.165) is 12.1 Å². The van der Waals surface area contributed by atoms with Gasteiger partial charge in [0.2, 0.25) is 0 Å². The van der Waals surface area contributed by atoms with Gasteiger partial charge < -0.3 is 5.11 Å². The Morgan fingerprint density at radius 3 is 2.15 bits per heavy atom. The first-order valence-corrected chi connectivity index (χ1v) is 4.32. The maximum absolute atomic E-state index is 8.82. The zero-order valence-corrected chi connectivity index (χ0v) is 8.12. The third kappa shape index (κ3) is 3.55. The standard InChI is InChI=1S/C10H16N2O/c1-12(2)11-7-9-3-5-10(8-13)6-4-9/h3-6,11,13H,7-8H2,1-2H3. The SMILES string of the molecule is CN(C)NCc1ccc(CO)cc1. The Morgan fingerprint density at radius 2 is 1.69 bits per heavy atom. The van der Waals surface area contributed by atoms with Crippen molar-refractivity contribution < 1.29 is 5.11 Å². The second kappa shape index (κ2) is 4.97. The normalized spacial score (nSPS) is 10.8. The lowest BCUT2D eigenvalue weighted by molar-refractivity contribution is 0.281. The first-order chi connectivity index (χ1) is 6.22. The number of aliphatic hydroxyl groups excluding tert-OH is 1. The molecule has 13 heavy (non-hydrogen) atoms. The number of nitrogens with zero attached hydrogens (tertiary/aromatic N) is 1. The van der Waals surface area contributed by atoms with Crippen LogP contribution in [-0.2, 0) is 13.2 Å². The van der Waals surface area contributed by atoms with Crippen LogP contribution in [0.2, 0.25) is 0 Å². The van der Waals surface area contributed by atoms with Gasteiger partial charge in [0.15, 0.2) is 0 Å². The molecule has 0 unspecified atom stereocenters. The van der Waals surface area contributed by atoms with Gasteiger partial charge in [-0.2, -0.15) is 0 Å². The summed E-state index contributed by atoms with van der Waals surface area (Å²) in [7, 11) is 3.92. The van der Waals surface area contributed by atoms with Crippen LogP contribution in [-0.4, -0.2) is 24.2 Å². The molecule has 0 bridgehead atoms. The fourth-order valence-electron chi connectivity index (χ4n) is 1.01. The number of hydrogen-bond acceptors (Lipinski definition) is 3. The van der Waals surface area contributed by atoms with E-state index in [1.54, 1.807) is 0 Å². The molecular weight excluding hydrogens is 164 g/mol. The topological polar surface area (TPSA) is 35.5 Å². The summed E-state index contributed by atoms with van der Waals surface area (Å²) in [5, 5.41) is 10.7. The van der Waals surface area contributed by atoms with Crippen LogP contribution in [0, 0.1) is 0 Å². The van der Waals surface area contributed by atoms with Crippen molar-refractivity contribution in [1.82, 2.24) is 10.4 Å². The van der Waals surface area contributed by atoms with Gasteiger partial charge in [0.05, 0.1) is 6.61 Å². The van der Waals surface area contributed by atoms with E-state index >= 15 is 0 Å². The van der Waals surface area contributed by atoms with Crippen molar-refractivity contribution in [3.63, 3.8) is 0 Å². The second-order valence-electron chi connectivity index (χ2n) is 3.20. The summed E-state index contributed by atoms with van der Waals surface area (Å²) >= 11 is 0. The molecule has 0 saturated heterocycles. The number of aliphatic hydroxyl groups is 1. The Morgan fingerprint density at radius 1 is 1.15 bits per heavy atom. The molecule has 0 radical (unpaired) electrons. The highest BCUT2D eigenvalue weighted by Crippen LogP contribution is 2.03. The lowest BCUT2D eigenvalue weighted by atomic mass is 10.1. The van der Waals surface area contributed by atoms with Gasteiger partial charge in [0.25, 0.3) is 0 Å². The number of nitrogens with one attached hydrogen (secondary N) is 1. The van der Waals surface area contributed by atoms with Gasteiger partial charge in [0.1, 0.15) is 0 Å². The van der Waals surface area contributed by atoms with E-state index in [0.29, 0.717) is 0 Å². The van der Waals surface area contributed by atoms with Crippen LogP contribution in [0.15, 0.2) is 24.3 Å². The Bertz CT molecular complexity index is 244. The van der Waals surface area contributed by atoms with E-state index in [1.807, 2.05) is 43.4 Å². The molecule has 0 aromatic heterocycles. The van der Waals surface area contributed by atoms with Crippen LogP contribution in [0.25, 0.3) is 0 Å². The highest BCUT2D eigenvalue weighted by atomic mass is 16.3. The molecule has 0 saturated carbocycles. The van der Waals surface area contributed by atoms with Crippen molar-refractivity contribution >= 4 is 0 Å². The van der Waals surface area contributed by atoms with E-state index < -0.39 is 0 Å². The smallest absolute Gasteiger partial charge is 0.0681 e. The lowest BCUT2D eigenvalue weighted by Gasteiger charge is -2.11. The molecule has 0 fully saturated rings. The first kappa shape index (κ1) is 10.2. The van der Waals surface area contributed by atoms with Crippen LogP contribution < -0.4 is 5.43 Å². The Balaban J connectivity index is 2.49. The van der Waals surface area contributed by atoms with Gasteiger partial charge >= 0.3 is 0 Å². The van der Waals surface area contributed by atoms with Gasteiger partial charge in [-0.05, 0) is 11.1 Å². The predicted octanol–water partition coefficient (Wildman–Crippen LogP) is 0.745. The minimum atomic E-state index is 0.112. The van der Waals surface area contributed by atoms with Crippen molar-refractivity contribution in [3.05, 3.63) is 35.4 Å². The van der Waals surface area contributed by atoms with Crippen molar-refractivity contribution in [1.29, 1.82) is 0 Å². The summed E-state index contributed by atoms with van der Waals surface area (Å²) in [6.07, 6.45) is 0. The molecule has 2 N–H and O–H groups in total. The molecule has 1 aromatic carbocycles. The maximum atomic E-state index is 8.82. The zero-order chi connectivity index (χ0) is 9.68. The molecule has 0 atom stereocenters. The van der Waals surface area contributed by atoms with E-state index in [4.69, 9.17) is 5.11 Å². The molecule has 72 valence electrons. The molecule has 0 spiro atoms. The molecule has 3 nitrogen and oxygen atoms in total. The molecule has 0 amide bonds. The average molecular weight is 180 g/mol. The van der Waals surface area contributed by atoms with E-state index in [1.165, 1.54) is 5.56 Å². The Hall–Kier alpha value is -0.900. The summed E-state index contributed by atoms with van der Waals surface area (Å²) in [5.74, 6) is 0. The molecule has 0 heterocycles. The third-order valence-electron chi connectivity index (χ3n) is 1.80. The highest BCUT2D eigenvalue weighted by molar-refractivity contribution is 5.21. The van der Waals surface area contributed by atoms with Gasteiger partial charge in [-0.25, -0.2) is 0 Å². The minimum absolute atomic E-state index is 0.112. The molecule has 0 aliphatic rings. The van der Waals surface area contributed by atoms with Gasteiger partial charge in [-0.1, -0.05) is 24.3 Å². The zero-order valence-electron chi connectivity index (χ0n) is 8.12.